The van der Waals surface area contributed by atoms with Gasteiger partial charge < -0.3 is 0 Å². The Bertz CT molecular complexity index is 565. The predicted octanol–water partition coefficient (Wildman–Crippen LogP) is 4.46. The monoisotopic (exact) mass is 209 g/mol. The molecule has 16 heavy (non-hydrogen) atoms. The first-order valence-corrected chi connectivity index (χ1v) is 5.24. The van der Waals surface area contributed by atoms with E-state index in [1.165, 1.54) is 11.1 Å². The van der Waals surface area contributed by atoms with Gasteiger partial charge in [-0.15, -0.1) is 0 Å². The van der Waals surface area contributed by atoms with Gasteiger partial charge in [0.2, 0.25) is 5.39 Å². The van der Waals surface area contributed by atoms with Crippen molar-refractivity contribution < 1.29 is 0 Å². The van der Waals surface area contributed by atoms with Crippen molar-refractivity contribution in [2.24, 2.45) is 0 Å². The molecule has 0 aliphatic carbocycles. The van der Waals surface area contributed by atoms with Gasteiger partial charge in [-0.05, 0) is 42.7 Å². The second-order valence-electron chi connectivity index (χ2n) is 3.92. The normalized spacial score (nSPS) is 9.81. The van der Waals surface area contributed by atoms with Crippen molar-refractivity contribution in [2.75, 3.05) is 0 Å². The molecule has 0 atom stereocenters. The molecule has 0 saturated carbocycles. The first-order chi connectivity index (χ1) is 7.72. The molecule has 0 unspecified atom stereocenters. The van der Waals surface area contributed by atoms with Crippen LogP contribution in [0.5, 0.6) is 0 Å². The predicted molar refractivity (Wildman–Crippen MR) is 66.1 cm³/mol. The maximum Gasteiger partial charge on any atom is 0.387 e. The van der Waals surface area contributed by atoms with Crippen molar-refractivity contribution in [1.82, 2.24) is 0 Å². The van der Waals surface area contributed by atoms with E-state index >= 15 is 0 Å². The lowest BCUT2D eigenvalue weighted by Gasteiger charge is -2.05. The molecule has 2 aromatic rings. The van der Waals surface area contributed by atoms with Gasteiger partial charge in [-0.2, -0.15) is 0 Å². The zero-order chi connectivity index (χ0) is 11.5. The molecule has 0 N–H and O–H groups in total. The second-order valence-corrected chi connectivity index (χ2v) is 3.92. The molecular weight excluding hydrogens is 196 g/mol. The fraction of sp³-hybridized carbons (Fsp3) is 0.143. The molecule has 0 spiro atoms. The summed E-state index contributed by atoms with van der Waals surface area (Å²) in [5, 5.41) is 8.76. The summed E-state index contributed by atoms with van der Waals surface area (Å²) >= 11 is 0. The Morgan fingerprint density at radius 2 is 1.69 bits per heavy atom. The highest BCUT2D eigenvalue weighted by molar-refractivity contribution is 5.71. The SMILES string of the molecule is Cc1cc(-c2ccccc2C)ccc1[N+]#N. The van der Waals surface area contributed by atoms with Crippen LogP contribution in [0.25, 0.3) is 16.1 Å². The van der Waals surface area contributed by atoms with Gasteiger partial charge >= 0.3 is 5.69 Å². The van der Waals surface area contributed by atoms with E-state index in [1.54, 1.807) is 0 Å². The van der Waals surface area contributed by atoms with E-state index in [9.17, 15) is 0 Å². The topological polar surface area (TPSA) is 28.1 Å². The van der Waals surface area contributed by atoms with Crippen LogP contribution in [0, 0.1) is 19.2 Å². The highest BCUT2D eigenvalue weighted by atomic mass is 14.8. The minimum Gasteiger partial charge on any atom is -0.0620 e. The summed E-state index contributed by atoms with van der Waals surface area (Å²) in [5.74, 6) is 0. The van der Waals surface area contributed by atoms with Crippen LogP contribution >= 0.6 is 0 Å². The van der Waals surface area contributed by atoms with Gasteiger partial charge in [0.05, 0.1) is 0 Å². The largest absolute Gasteiger partial charge is 0.387 e. The Morgan fingerprint density at radius 3 is 2.31 bits per heavy atom. The number of hydrogen-bond donors (Lipinski definition) is 0. The van der Waals surface area contributed by atoms with Crippen LogP contribution in [-0.2, 0) is 0 Å². The first kappa shape index (κ1) is 10.4. The van der Waals surface area contributed by atoms with Gasteiger partial charge in [0.1, 0.15) is 0 Å². The van der Waals surface area contributed by atoms with Crippen LogP contribution in [0.4, 0.5) is 5.69 Å². The summed E-state index contributed by atoms with van der Waals surface area (Å²) in [7, 11) is 0. The Morgan fingerprint density at radius 1 is 0.938 bits per heavy atom. The minimum absolute atomic E-state index is 0.623. The molecule has 0 amide bonds. The quantitative estimate of drug-likeness (QED) is 0.637. The van der Waals surface area contributed by atoms with Crippen LogP contribution < -0.4 is 0 Å². The van der Waals surface area contributed by atoms with Crippen molar-refractivity contribution in [3.8, 4) is 11.1 Å². The van der Waals surface area contributed by atoms with Crippen LogP contribution in [0.1, 0.15) is 11.1 Å². The van der Waals surface area contributed by atoms with Gasteiger partial charge in [-0.1, -0.05) is 24.3 Å². The summed E-state index contributed by atoms with van der Waals surface area (Å²) in [6, 6.07) is 14.1. The summed E-state index contributed by atoms with van der Waals surface area (Å²) in [4.78, 5) is 3.23. The van der Waals surface area contributed by atoms with E-state index in [1.807, 2.05) is 37.3 Å². The molecule has 78 valence electrons. The van der Waals surface area contributed by atoms with Gasteiger partial charge in [-0.25, -0.2) is 0 Å². The van der Waals surface area contributed by atoms with Gasteiger partial charge in [0, 0.05) is 11.6 Å². The maximum absolute atomic E-state index is 8.76. The maximum atomic E-state index is 8.76. The number of diazo groups is 1. The third kappa shape index (κ3) is 1.80. The summed E-state index contributed by atoms with van der Waals surface area (Å²) in [6.45, 7) is 4.03. The van der Waals surface area contributed by atoms with Gasteiger partial charge in [0.15, 0.2) is 4.98 Å². The fourth-order valence-electron chi connectivity index (χ4n) is 1.83. The van der Waals surface area contributed by atoms with Crippen LogP contribution in [0.15, 0.2) is 42.5 Å². The number of aryl methyl sites for hydroxylation is 2. The molecule has 0 aliphatic heterocycles. The average Bonchev–Trinajstić information content (AvgIpc) is 2.29. The number of rotatable bonds is 1. The Labute approximate surface area is 95.2 Å². The summed E-state index contributed by atoms with van der Waals surface area (Å²) in [5.41, 5.74) is 5.22. The highest BCUT2D eigenvalue weighted by Crippen LogP contribution is 2.28. The zero-order valence-corrected chi connectivity index (χ0v) is 9.44. The van der Waals surface area contributed by atoms with Crippen molar-refractivity contribution in [1.29, 1.82) is 5.39 Å². The molecular formula is C14H13N2+. The average molecular weight is 209 g/mol. The standard InChI is InChI=1S/C14H13N2/c1-10-5-3-4-6-13(10)12-7-8-14(16-15)11(2)9-12/h3-9H,1-2H3/q+1. The Kier molecular flexibility index (Phi) is 2.70. The fourth-order valence-corrected chi connectivity index (χ4v) is 1.83. The Balaban J connectivity index is 2.55. The van der Waals surface area contributed by atoms with Crippen molar-refractivity contribution in [3.63, 3.8) is 0 Å². The third-order valence-electron chi connectivity index (χ3n) is 2.76. The molecule has 2 nitrogen and oxygen atoms in total. The zero-order valence-electron chi connectivity index (χ0n) is 9.44. The van der Waals surface area contributed by atoms with Crippen LogP contribution in [0.3, 0.4) is 0 Å². The molecule has 0 aliphatic rings. The third-order valence-corrected chi connectivity index (χ3v) is 2.76. The molecule has 2 aromatic carbocycles. The second kappa shape index (κ2) is 4.16. The molecule has 2 heteroatoms. The molecule has 0 heterocycles. The van der Waals surface area contributed by atoms with E-state index in [2.05, 4.69) is 24.0 Å². The van der Waals surface area contributed by atoms with Gasteiger partial charge in [-0.3, -0.25) is 0 Å². The lowest BCUT2D eigenvalue weighted by Crippen LogP contribution is -1.83. The molecule has 0 saturated heterocycles. The van der Waals surface area contributed by atoms with Crippen LogP contribution in [0.2, 0.25) is 0 Å². The smallest absolute Gasteiger partial charge is 0.0620 e. The molecule has 0 fully saturated rings. The number of benzene rings is 2. The lowest BCUT2D eigenvalue weighted by molar-refractivity contribution is 1.40. The van der Waals surface area contributed by atoms with E-state index < -0.39 is 0 Å². The number of nitrogens with zero attached hydrogens (tertiary/aromatic N) is 2. The van der Waals surface area contributed by atoms with Crippen molar-refractivity contribution >= 4 is 5.69 Å². The lowest BCUT2D eigenvalue weighted by atomic mass is 9.99. The molecule has 0 radical (unpaired) electrons. The Hall–Kier alpha value is -2.14. The minimum atomic E-state index is 0.623. The first-order valence-electron chi connectivity index (χ1n) is 5.24. The van der Waals surface area contributed by atoms with E-state index in [-0.39, 0.29) is 0 Å². The summed E-state index contributed by atoms with van der Waals surface area (Å²) in [6.07, 6.45) is 0. The molecule has 2 rings (SSSR count). The van der Waals surface area contributed by atoms with E-state index in [4.69, 9.17) is 5.39 Å². The molecule has 0 bridgehead atoms. The summed E-state index contributed by atoms with van der Waals surface area (Å²) < 4.78 is 0. The van der Waals surface area contributed by atoms with Crippen molar-refractivity contribution in [2.45, 2.75) is 13.8 Å². The highest BCUT2D eigenvalue weighted by Gasteiger charge is 2.11. The van der Waals surface area contributed by atoms with Crippen LogP contribution in [-0.4, -0.2) is 0 Å². The van der Waals surface area contributed by atoms with Crippen molar-refractivity contribution in [3.05, 3.63) is 58.6 Å². The van der Waals surface area contributed by atoms with E-state index in [0.717, 1.165) is 11.1 Å². The van der Waals surface area contributed by atoms with Gasteiger partial charge in [0.25, 0.3) is 0 Å². The van der Waals surface area contributed by atoms with E-state index in [0.29, 0.717) is 5.69 Å². The molecule has 0 aromatic heterocycles. The number of hydrogen-bond acceptors (Lipinski definition) is 1.